The number of aromatic nitrogens is 1. The van der Waals surface area contributed by atoms with Gasteiger partial charge < -0.3 is 9.30 Å². The van der Waals surface area contributed by atoms with Crippen LogP contribution < -0.4 is 0 Å². The summed E-state index contributed by atoms with van der Waals surface area (Å²) >= 11 is 0. The van der Waals surface area contributed by atoms with Crippen LogP contribution in [0.5, 0.6) is 0 Å². The van der Waals surface area contributed by atoms with Crippen LogP contribution in [-0.2, 0) is 4.74 Å². The molecule has 4 heteroatoms. The fraction of sp³-hybridized carbons (Fsp3) is 0.0769. The van der Waals surface area contributed by atoms with Gasteiger partial charge >= 0.3 is 5.97 Å². The van der Waals surface area contributed by atoms with E-state index in [0.717, 1.165) is 5.69 Å². The molecule has 0 aliphatic rings. The van der Waals surface area contributed by atoms with E-state index < -0.39 is 5.97 Å². The molecule has 4 nitrogen and oxygen atoms in total. The molecule has 1 heterocycles. The second-order valence-electron chi connectivity index (χ2n) is 3.46. The molecule has 0 aliphatic carbocycles. The number of rotatable bonds is 2. The Hall–Kier alpha value is -2.54. The fourth-order valence-electron chi connectivity index (χ4n) is 1.57. The van der Waals surface area contributed by atoms with Crippen molar-refractivity contribution in [1.82, 2.24) is 4.57 Å². The second kappa shape index (κ2) is 4.54. The minimum atomic E-state index is -0.449. The topological polar surface area (TPSA) is 55.0 Å². The molecular weight excluding hydrogens is 216 g/mol. The maximum atomic E-state index is 11.5. The van der Waals surface area contributed by atoms with Crippen molar-refractivity contribution in [3.8, 4) is 11.8 Å². The molecule has 0 amide bonds. The largest absolute Gasteiger partial charge is 0.465 e. The molecule has 0 spiro atoms. The lowest BCUT2D eigenvalue weighted by Crippen LogP contribution is -2.03. The summed E-state index contributed by atoms with van der Waals surface area (Å²) in [4.78, 5) is 11.5. The third kappa shape index (κ3) is 2.18. The minimum absolute atomic E-state index is 0.371. The highest BCUT2D eigenvalue weighted by Crippen LogP contribution is 2.15. The van der Waals surface area contributed by atoms with Crippen molar-refractivity contribution in [3.05, 3.63) is 53.9 Å². The molecule has 0 unspecified atom stereocenters. The fourth-order valence-corrected chi connectivity index (χ4v) is 1.57. The van der Waals surface area contributed by atoms with Crippen molar-refractivity contribution >= 4 is 5.97 Å². The first-order chi connectivity index (χ1) is 8.24. The van der Waals surface area contributed by atoms with E-state index in [1.807, 2.05) is 35.2 Å². The third-order valence-corrected chi connectivity index (χ3v) is 2.37. The number of nitrogens with zero attached hydrogens (tertiary/aromatic N) is 2. The molecule has 84 valence electrons. The predicted octanol–water partition coefficient (Wildman–Crippen LogP) is 2.14. The summed E-state index contributed by atoms with van der Waals surface area (Å²) in [6, 6.07) is 10.7. The van der Waals surface area contributed by atoms with E-state index in [2.05, 4.69) is 4.74 Å². The molecule has 0 N–H and O–H groups in total. The summed E-state index contributed by atoms with van der Waals surface area (Å²) < 4.78 is 6.48. The van der Waals surface area contributed by atoms with Gasteiger partial charge in [0.15, 0.2) is 0 Å². The first-order valence-corrected chi connectivity index (χ1v) is 5.01. The molecular formula is C13H10N2O2. The average molecular weight is 226 g/mol. The highest BCUT2D eigenvalue weighted by molar-refractivity contribution is 5.90. The number of carbonyl (C=O) groups excluding carboxylic acids is 1. The van der Waals surface area contributed by atoms with E-state index in [9.17, 15) is 4.79 Å². The number of ether oxygens (including phenoxy) is 1. The molecule has 0 bridgehead atoms. The zero-order valence-corrected chi connectivity index (χ0v) is 9.25. The third-order valence-electron chi connectivity index (χ3n) is 2.37. The van der Waals surface area contributed by atoms with Gasteiger partial charge in [0.25, 0.3) is 0 Å². The van der Waals surface area contributed by atoms with Gasteiger partial charge in [-0.1, -0.05) is 0 Å². The molecule has 0 radical (unpaired) electrons. The summed E-state index contributed by atoms with van der Waals surface area (Å²) in [5.74, 6) is -0.449. The number of benzene rings is 1. The van der Waals surface area contributed by atoms with Crippen molar-refractivity contribution < 1.29 is 9.53 Å². The van der Waals surface area contributed by atoms with E-state index in [0.29, 0.717) is 11.1 Å². The highest BCUT2D eigenvalue weighted by atomic mass is 16.5. The number of hydrogen-bond acceptors (Lipinski definition) is 3. The summed E-state index contributed by atoms with van der Waals surface area (Å²) in [5, 5.41) is 8.93. The van der Waals surface area contributed by atoms with Crippen LogP contribution in [0.25, 0.3) is 5.69 Å². The lowest BCUT2D eigenvalue weighted by atomic mass is 10.1. The summed E-state index contributed by atoms with van der Waals surface area (Å²) in [6.07, 6.45) is 3.69. The summed E-state index contributed by atoms with van der Waals surface area (Å²) in [5.41, 5.74) is 1.56. The predicted molar refractivity (Wildman–Crippen MR) is 61.8 cm³/mol. The number of esters is 1. The van der Waals surface area contributed by atoms with Gasteiger partial charge in [-0.3, -0.25) is 0 Å². The van der Waals surface area contributed by atoms with Crippen molar-refractivity contribution in [2.24, 2.45) is 0 Å². The first-order valence-electron chi connectivity index (χ1n) is 5.01. The SMILES string of the molecule is COC(=O)c1cc(C#N)cc(-n2cccc2)c1. The molecule has 0 fully saturated rings. The van der Waals surface area contributed by atoms with Crippen LogP contribution in [0, 0.1) is 11.3 Å². The van der Waals surface area contributed by atoms with Crippen molar-refractivity contribution in [3.63, 3.8) is 0 Å². The van der Waals surface area contributed by atoms with Crippen LogP contribution in [0.1, 0.15) is 15.9 Å². The van der Waals surface area contributed by atoms with Crippen LogP contribution in [0.15, 0.2) is 42.7 Å². The summed E-state index contributed by atoms with van der Waals surface area (Å²) in [7, 11) is 1.32. The van der Waals surface area contributed by atoms with E-state index in [1.165, 1.54) is 13.2 Å². The van der Waals surface area contributed by atoms with E-state index in [-0.39, 0.29) is 0 Å². The molecule has 1 aromatic carbocycles. The maximum Gasteiger partial charge on any atom is 0.337 e. The molecule has 0 aliphatic heterocycles. The number of methoxy groups -OCH3 is 1. The van der Waals surface area contributed by atoms with Gasteiger partial charge in [0.1, 0.15) is 0 Å². The van der Waals surface area contributed by atoms with Gasteiger partial charge in [-0.2, -0.15) is 5.26 Å². The maximum absolute atomic E-state index is 11.5. The van der Waals surface area contributed by atoms with Gasteiger partial charge in [-0.15, -0.1) is 0 Å². The lowest BCUT2D eigenvalue weighted by Gasteiger charge is -2.06. The Bertz CT molecular complexity index is 580. The Morgan fingerprint density at radius 2 is 2.00 bits per heavy atom. The Morgan fingerprint density at radius 1 is 1.29 bits per heavy atom. The average Bonchev–Trinajstić information content (AvgIpc) is 2.91. The lowest BCUT2D eigenvalue weighted by molar-refractivity contribution is 0.0600. The molecule has 1 aromatic heterocycles. The Labute approximate surface area is 98.7 Å². The molecule has 0 saturated heterocycles. The van der Waals surface area contributed by atoms with Crippen molar-refractivity contribution in [2.45, 2.75) is 0 Å². The highest BCUT2D eigenvalue weighted by Gasteiger charge is 2.09. The van der Waals surface area contributed by atoms with Crippen LogP contribution in [0.3, 0.4) is 0 Å². The standard InChI is InChI=1S/C13H10N2O2/c1-17-13(16)11-6-10(9-14)7-12(8-11)15-4-2-3-5-15/h2-8H,1H3. The number of nitriles is 1. The van der Waals surface area contributed by atoms with Gasteiger partial charge in [0.2, 0.25) is 0 Å². The van der Waals surface area contributed by atoms with Gasteiger partial charge in [-0.25, -0.2) is 4.79 Å². The van der Waals surface area contributed by atoms with E-state index in [4.69, 9.17) is 5.26 Å². The van der Waals surface area contributed by atoms with Crippen LogP contribution in [-0.4, -0.2) is 17.6 Å². The molecule has 2 rings (SSSR count). The van der Waals surface area contributed by atoms with Crippen molar-refractivity contribution in [1.29, 1.82) is 5.26 Å². The molecule has 0 saturated carbocycles. The molecule has 17 heavy (non-hydrogen) atoms. The summed E-state index contributed by atoms with van der Waals surface area (Å²) in [6.45, 7) is 0. The Morgan fingerprint density at radius 3 is 2.59 bits per heavy atom. The zero-order chi connectivity index (χ0) is 12.3. The molecule has 0 atom stereocenters. The van der Waals surface area contributed by atoms with Crippen LogP contribution in [0.2, 0.25) is 0 Å². The van der Waals surface area contributed by atoms with Crippen molar-refractivity contribution in [2.75, 3.05) is 7.11 Å². The van der Waals surface area contributed by atoms with Crippen LogP contribution >= 0.6 is 0 Å². The number of carbonyl (C=O) groups is 1. The first kappa shape index (κ1) is 11.0. The normalized spacial score (nSPS) is 9.65. The monoisotopic (exact) mass is 226 g/mol. The smallest absolute Gasteiger partial charge is 0.337 e. The van der Waals surface area contributed by atoms with E-state index >= 15 is 0 Å². The van der Waals surface area contributed by atoms with Gasteiger partial charge in [0.05, 0.1) is 24.3 Å². The molecule has 2 aromatic rings. The minimum Gasteiger partial charge on any atom is -0.465 e. The quantitative estimate of drug-likeness (QED) is 0.737. The zero-order valence-electron chi connectivity index (χ0n) is 9.25. The number of hydrogen-bond donors (Lipinski definition) is 0. The van der Waals surface area contributed by atoms with Gasteiger partial charge in [-0.05, 0) is 30.3 Å². The van der Waals surface area contributed by atoms with E-state index in [1.54, 1.807) is 12.1 Å². The Kier molecular flexibility index (Phi) is 2.93. The second-order valence-corrected chi connectivity index (χ2v) is 3.46. The van der Waals surface area contributed by atoms with Crippen LogP contribution in [0.4, 0.5) is 0 Å². The Balaban J connectivity index is 2.54. The van der Waals surface area contributed by atoms with Gasteiger partial charge in [0, 0.05) is 18.1 Å².